The minimum absolute atomic E-state index is 0.0235. The molecule has 0 heterocycles. The molecule has 6 nitrogen and oxygen atoms in total. The first-order valence-electron chi connectivity index (χ1n) is 8.57. The number of benzene rings is 2. The van der Waals surface area contributed by atoms with Crippen molar-refractivity contribution >= 4 is 17.3 Å². The van der Waals surface area contributed by atoms with Crippen LogP contribution in [0.5, 0.6) is 0 Å². The fourth-order valence-electron chi connectivity index (χ4n) is 3.58. The van der Waals surface area contributed by atoms with Gasteiger partial charge in [-0.15, -0.1) is 0 Å². The fourth-order valence-corrected chi connectivity index (χ4v) is 3.58. The Hall–Kier alpha value is -3.20. The van der Waals surface area contributed by atoms with Gasteiger partial charge in [0, 0.05) is 17.8 Å². The fraction of sp³-hybridized carbons (Fsp3) is 0.300. The summed E-state index contributed by atoms with van der Waals surface area (Å²) < 4.78 is 0. The number of carbonyl (C=O) groups is 1. The van der Waals surface area contributed by atoms with E-state index >= 15 is 0 Å². The molecule has 0 radical (unpaired) electrons. The minimum atomic E-state index is -0.652. The number of nitriles is 1. The maximum atomic E-state index is 13.1. The average Bonchev–Trinajstić information content (AvgIpc) is 3.15. The summed E-state index contributed by atoms with van der Waals surface area (Å²) in [6, 6.07) is 15.6. The molecule has 3 rings (SSSR count). The van der Waals surface area contributed by atoms with E-state index in [-0.39, 0.29) is 11.6 Å². The van der Waals surface area contributed by atoms with Gasteiger partial charge in [-0.2, -0.15) is 5.26 Å². The molecule has 0 saturated heterocycles. The Kier molecular flexibility index (Phi) is 4.99. The van der Waals surface area contributed by atoms with E-state index in [0.717, 1.165) is 36.8 Å². The molecular weight excluding hydrogens is 330 g/mol. The van der Waals surface area contributed by atoms with Gasteiger partial charge in [0.1, 0.15) is 0 Å². The smallest absolute Gasteiger partial charge is 0.269 e. The number of non-ortho nitro benzene ring substituents is 1. The van der Waals surface area contributed by atoms with Crippen LogP contribution in [0, 0.1) is 21.4 Å². The summed E-state index contributed by atoms with van der Waals surface area (Å²) in [5, 5.41) is 22.6. The molecule has 132 valence electrons. The quantitative estimate of drug-likeness (QED) is 0.649. The zero-order valence-electron chi connectivity index (χ0n) is 14.3. The molecule has 0 unspecified atom stereocenters. The maximum absolute atomic E-state index is 13.1. The molecule has 1 fully saturated rings. The first kappa shape index (κ1) is 17.6. The van der Waals surface area contributed by atoms with Crippen LogP contribution in [0.4, 0.5) is 11.4 Å². The third-order valence-corrected chi connectivity index (χ3v) is 5.02. The second-order valence-corrected chi connectivity index (χ2v) is 6.58. The van der Waals surface area contributed by atoms with Gasteiger partial charge in [0.25, 0.3) is 5.69 Å². The molecule has 1 aliphatic carbocycles. The molecule has 1 saturated carbocycles. The molecule has 0 aromatic heterocycles. The van der Waals surface area contributed by atoms with E-state index < -0.39 is 10.3 Å². The predicted octanol–water partition coefficient (Wildman–Crippen LogP) is 4.11. The normalized spacial score (nSPS) is 15.2. The second-order valence-electron chi connectivity index (χ2n) is 6.58. The first-order chi connectivity index (χ1) is 12.5. The highest BCUT2D eigenvalue weighted by molar-refractivity contribution is 5.99. The Labute approximate surface area is 151 Å². The lowest BCUT2D eigenvalue weighted by molar-refractivity contribution is -0.384. The molecular formula is C20H19N3O3. The molecule has 0 bridgehead atoms. The van der Waals surface area contributed by atoms with Crippen LogP contribution in [0.2, 0.25) is 0 Å². The monoisotopic (exact) mass is 349 g/mol. The molecule has 6 heteroatoms. The van der Waals surface area contributed by atoms with Gasteiger partial charge in [0.2, 0.25) is 5.91 Å². The third-order valence-electron chi connectivity index (χ3n) is 5.02. The number of nitrogens with one attached hydrogen (secondary N) is 1. The van der Waals surface area contributed by atoms with Crippen molar-refractivity contribution in [3.05, 3.63) is 69.8 Å². The lowest BCUT2D eigenvalue weighted by Crippen LogP contribution is -2.38. The van der Waals surface area contributed by atoms with Gasteiger partial charge in [-0.25, -0.2) is 0 Å². The molecule has 0 spiro atoms. The Morgan fingerprint density at radius 1 is 1.12 bits per heavy atom. The number of rotatable bonds is 5. The van der Waals surface area contributed by atoms with Crippen LogP contribution in [0.3, 0.4) is 0 Å². The van der Waals surface area contributed by atoms with Crippen molar-refractivity contribution in [2.75, 3.05) is 5.32 Å². The van der Waals surface area contributed by atoms with Gasteiger partial charge >= 0.3 is 0 Å². The van der Waals surface area contributed by atoms with Crippen LogP contribution < -0.4 is 5.32 Å². The Balaban J connectivity index is 1.83. The van der Waals surface area contributed by atoms with Crippen molar-refractivity contribution in [2.24, 2.45) is 0 Å². The second kappa shape index (κ2) is 7.36. The number of nitro benzene ring substituents is 1. The number of carbonyl (C=O) groups excluding carboxylic acids is 1. The van der Waals surface area contributed by atoms with Crippen LogP contribution in [-0.2, 0) is 16.6 Å². The number of nitro groups is 1. The molecule has 2 aromatic carbocycles. The summed E-state index contributed by atoms with van der Waals surface area (Å²) in [4.78, 5) is 23.5. The number of nitrogens with zero attached hydrogens (tertiary/aromatic N) is 2. The summed E-state index contributed by atoms with van der Waals surface area (Å²) in [7, 11) is 0. The highest BCUT2D eigenvalue weighted by Gasteiger charge is 2.42. The van der Waals surface area contributed by atoms with E-state index in [0.29, 0.717) is 12.1 Å². The van der Waals surface area contributed by atoms with Crippen molar-refractivity contribution < 1.29 is 9.72 Å². The lowest BCUT2D eigenvalue weighted by atomic mass is 9.78. The van der Waals surface area contributed by atoms with Crippen LogP contribution in [0.1, 0.15) is 36.8 Å². The molecule has 0 atom stereocenters. The Morgan fingerprint density at radius 2 is 1.73 bits per heavy atom. The molecule has 26 heavy (non-hydrogen) atoms. The van der Waals surface area contributed by atoms with E-state index in [9.17, 15) is 14.9 Å². The van der Waals surface area contributed by atoms with Crippen molar-refractivity contribution in [1.82, 2.24) is 0 Å². The number of hydrogen-bond donors (Lipinski definition) is 1. The summed E-state index contributed by atoms with van der Waals surface area (Å²) in [6.07, 6.45) is 3.68. The van der Waals surface area contributed by atoms with Crippen LogP contribution in [-0.4, -0.2) is 10.8 Å². The molecule has 1 N–H and O–H groups in total. The van der Waals surface area contributed by atoms with Gasteiger partial charge < -0.3 is 5.32 Å². The van der Waals surface area contributed by atoms with Crippen molar-refractivity contribution in [3.63, 3.8) is 0 Å². The van der Waals surface area contributed by atoms with Crippen LogP contribution in [0.15, 0.2) is 48.5 Å². The average molecular weight is 349 g/mol. The number of amides is 1. The van der Waals surface area contributed by atoms with Crippen LogP contribution >= 0.6 is 0 Å². The molecule has 0 aliphatic heterocycles. The third kappa shape index (κ3) is 3.42. The molecule has 1 amide bonds. The standard InChI is InChI=1S/C20H19N3O3/c21-14-11-15-3-7-17(8-4-15)22-19(24)20(12-1-2-13-20)16-5-9-18(10-6-16)23(25)26/h3-10H,1-2,11-13H2,(H,22,24). The SMILES string of the molecule is N#CCc1ccc(NC(=O)C2(c3ccc([N+](=O)[O-])cc3)CCCC2)cc1. The Bertz CT molecular complexity index is 845. The van der Waals surface area contributed by atoms with Crippen LogP contribution in [0.25, 0.3) is 0 Å². The minimum Gasteiger partial charge on any atom is -0.325 e. The maximum Gasteiger partial charge on any atom is 0.269 e. The largest absolute Gasteiger partial charge is 0.325 e. The van der Waals surface area contributed by atoms with E-state index in [4.69, 9.17) is 5.26 Å². The highest BCUT2D eigenvalue weighted by Crippen LogP contribution is 2.42. The van der Waals surface area contributed by atoms with Gasteiger partial charge in [-0.3, -0.25) is 14.9 Å². The summed E-state index contributed by atoms with van der Waals surface area (Å²) in [5.41, 5.74) is 1.77. The van der Waals surface area contributed by atoms with Crippen molar-refractivity contribution in [2.45, 2.75) is 37.5 Å². The van der Waals surface area contributed by atoms with E-state index in [1.807, 2.05) is 12.1 Å². The summed E-state index contributed by atoms with van der Waals surface area (Å²) in [5.74, 6) is -0.0862. The molecule has 1 aliphatic rings. The highest BCUT2D eigenvalue weighted by atomic mass is 16.6. The van der Waals surface area contributed by atoms with Crippen molar-refractivity contribution in [1.29, 1.82) is 5.26 Å². The first-order valence-corrected chi connectivity index (χ1v) is 8.57. The number of anilines is 1. The zero-order chi connectivity index (χ0) is 18.6. The van der Waals surface area contributed by atoms with E-state index in [1.54, 1.807) is 24.3 Å². The topological polar surface area (TPSA) is 96.0 Å². The number of hydrogen-bond acceptors (Lipinski definition) is 4. The Morgan fingerprint density at radius 3 is 2.27 bits per heavy atom. The van der Waals surface area contributed by atoms with Crippen molar-refractivity contribution in [3.8, 4) is 6.07 Å². The lowest BCUT2D eigenvalue weighted by Gasteiger charge is -2.28. The van der Waals surface area contributed by atoms with Gasteiger partial charge in [0.05, 0.1) is 22.8 Å². The predicted molar refractivity (Wildman–Crippen MR) is 97.6 cm³/mol. The zero-order valence-corrected chi connectivity index (χ0v) is 14.3. The van der Waals surface area contributed by atoms with Gasteiger partial charge in [-0.05, 0) is 36.1 Å². The van der Waals surface area contributed by atoms with E-state index in [1.165, 1.54) is 12.1 Å². The van der Waals surface area contributed by atoms with Gasteiger partial charge in [-0.1, -0.05) is 37.1 Å². The van der Waals surface area contributed by atoms with E-state index in [2.05, 4.69) is 11.4 Å². The molecule has 2 aromatic rings. The summed E-state index contributed by atoms with van der Waals surface area (Å²) >= 11 is 0. The van der Waals surface area contributed by atoms with Gasteiger partial charge in [0.15, 0.2) is 0 Å². The summed E-state index contributed by atoms with van der Waals surface area (Å²) in [6.45, 7) is 0.